The van der Waals surface area contributed by atoms with Gasteiger partial charge in [-0.25, -0.2) is 4.98 Å². The van der Waals surface area contributed by atoms with Crippen LogP contribution in [0.4, 0.5) is 5.82 Å². The van der Waals surface area contributed by atoms with E-state index in [1.807, 2.05) is 85.1 Å². The first-order valence-corrected chi connectivity index (χ1v) is 9.02. The van der Waals surface area contributed by atoms with Crippen molar-refractivity contribution < 1.29 is 4.79 Å². The standard InChI is InChI=1S/C22H18ClN3O/c1-14-3-5-17(6-4-14)22(27)25-21-20(16-7-9-18(23)10-8-16)24-19-13-15(2)11-12-26(19)21/h3-13H,1-2H3,(H,25,27). The maximum Gasteiger partial charge on any atom is 0.256 e. The minimum atomic E-state index is -0.174. The van der Waals surface area contributed by atoms with Crippen LogP contribution in [-0.2, 0) is 0 Å². The third-order valence-electron chi connectivity index (χ3n) is 4.44. The van der Waals surface area contributed by atoms with E-state index in [4.69, 9.17) is 16.6 Å². The average molecular weight is 376 g/mol. The maximum atomic E-state index is 12.8. The van der Waals surface area contributed by atoms with Gasteiger partial charge in [-0.2, -0.15) is 0 Å². The van der Waals surface area contributed by atoms with Gasteiger partial charge in [0.2, 0.25) is 0 Å². The second kappa shape index (κ2) is 6.89. The van der Waals surface area contributed by atoms with Crippen molar-refractivity contribution in [2.24, 2.45) is 0 Å². The highest BCUT2D eigenvalue weighted by Crippen LogP contribution is 2.30. The number of imidazole rings is 1. The molecule has 4 aromatic rings. The Bertz CT molecular complexity index is 1130. The molecular formula is C22H18ClN3O. The molecule has 134 valence electrons. The highest BCUT2D eigenvalue weighted by Gasteiger charge is 2.17. The van der Waals surface area contributed by atoms with Crippen molar-refractivity contribution in [3.05, 3.63) is 88.6 Å². The fourth-order valence-corrected chi connectivity index (χ4v) is 3.09. The van der Waals surface area contributed by atoms with Crippen molar-refractivity contribution in [3.8, 4) is 11.3 Å². The number of carbonyl (C=O) groups excluding carboxylic acids is 1. The van der Waals surface area contributed by atoms with Gasteiger partial charge in [-0.05, 0) is 55.8 Å². The molecule has 27 heavy (non-hydrogen) atoms. The first-order valence-electron chi connectivity index (χ1n) is 8.64. The lowest BCUT2D eigenvalue weighted by molar-refractivity contribution is 0.102. The van der Waals surface area contributed by atoms with E-state index >= 15 is 0 Å². The number of hydrogen-bond acceptors (Lipinski definition) is 2. The number of carbonyl (C=O) groups is 1. The van der Waals surface area contributed by atoms with Crippen LogP contribution < -0.4 is 5.32 Å². The molecule has 0 saturated heterocycles. The molecule has 0 bridgehead atoms. The smallest absolute Gasteiger partial charge is 0.256 e. The molecule has 2 aromatic carbocycles. The van der Waals surface area contributed by atoms with Crippen molar-refractivity contribution in [3.63, 3.8) is 0 Å². The Morgan fingerprint density at radius 3 is 2.37 bits per heavy atom. The highest BCUT2D eigenvalue weighted by molar-refractivity contribution is 6.30. The highest BCUT2D eigenvalue weighted by atomic mass is 35.5. The van der Waals surface area contributed by atoms with Crippen LogP contribution >= 0.6 is 11.6 Å². The van der Waals surface area contributed by atoms with Gasteiger partial charge in [0.15, 0.2) is 0 Å². The second-order valence-electron chi connectivity index (χ2n) is 6.57. The van der Waals surface area contributed by atoms with Crippen LogP contribution in [-0.4, -0.2) is 15.3 Å². The summed E-state index contributed by atoms with van der Waals surface area (Å²) in [5.74, 6) is 0.463. The van der Waals surface area contributed by atoms with Crippen molar-refractivity contribution in [2.45, 2.75) is 13.8 Å². The van der Waals surface area contributed by atoms with E-state index in [1.54, 1.807) is 0 Å². The quantitative estimate of drug-likeness (QED) is 0.512. The van der Waals surface area contributed by atoms with Crippen LogP contribution in [0.2, 0.25) is 5.02 Å². The molecule has 5 heteroatoms. The molecule has 0 saturated carbocycles. The van der Waals surface area contributed by atoms with Crippen LogP contribution in [0, 0.1) is 13.8 Å². The van der Waals surface area contributed by atoms with Crippen molar-refractivity contribution in [2.75, 3.05) is 5.32 Å². The average Bonchev–Trinajstić information content (AvgIpc) is 3.00. The van der Waals surface area contributed by atoms with Crippen LogP contribution in [0.5, 0.6) is 0 Å². The Morgan fingerprint density at radius 1 is 0.963 bits per heavy atom. The minimum absolute atomic E-state index is 0.174. The molecule has 0 atom stereocenters. The third-order valence-corrected chi connectivity index (χ3v) is 4.70. The van der Waals surface area contributed by atoms with Crippen molar-refractivity contribution in [1.82, 2.24) is 9.38 Å². The number of hydrogen-bond donors (Lipinski definition) is 1. The van der Waals surface area contributed by atoms with E-state index < -0.39 is 0 Å². The van der Waals surface area contributed by atoms with E-state index in [-0.39, 0.29) is 5.91 Å². The van der Waals surface area contributed by atoms with Crippen molar-refractivity contribution in [1.29, 1.82) is 0 Å². The van der Waals surface area contributed by atoms with Gasteiger partial charge >= 0.3 is 0 Å². The lowest BCUT2D eigenvalue weighted by Crippen LogP contribution is -2.14. The largest absolute Gasteiger partial charge is 0.306 e. The van der Waals surface area contributed by atoms with Gasteiger partial charge in [-0.1, -0.05) is 41.4 Å². The molecular weight excluding hydrogens is 358 g/mol. The number of anilines is 1. The second-order valence-corrected chi connectivity index (χ2v) is 7.00. The molecule has 0 fully saturated rings. The molecule has 2 aromatic heterocycles. The molecule has 0 aliphatic rings. The van der Waals surface area contributed by atoms with Gasteiger partial charge in [0.05, 0.1) is 0 Å². The summed E-state index contributed by atoms with van der Waals surface area (Å²) < 4.78 is 1.89. The molecule has 1 N–H and O–H groups in total. The topological polar surface area (TPSA) is 46.4 Å². The lowest BCUT2D eigenvalue weighted by Gasteiger charge is -2.08. The molecule has 0 aliphatic heterocycles. The van der Waals surface area contributed by atoms with Gasteiger partial charge in [-0.15, -0.1) is 0 Å². The fraction of sp³-hybridized carbons (Fsp3) is 0.0909. The molecule has 1 amide bonds. The monoisotopic (exact) mass is 375 g/mol. The number of nitrogens with zero attached hydrogens (tertiary/aromatic N) is 2. The predicted octanol–water partition coefficient (Wildman–Crippen LogP) is 5.52. The summed E-state index contributed by atoms with van der Waals surface area (Å²) in [4.78, 5) is 17.5. The molecule has 4 nitrogen and oxygen atoms in total. The number of nitrogens with one attached hydrogen (secondary N) is 1. The normalized spacial score (nSPS) is 10.9. The van der Waals surface area contributed by atoms with E-state index in [9.17, 15) is 4.79 Å². The fourth-order valence-electron chi connectivity index (χ4n) is 2.96. The van der Waals surface area contributed by atoms with Crippen LogP contribution in [0.25, 0.3) is 16.9 Å². The van der Waals surface area contributed by atoms with E-state index in [1.165, 1.54) is 0 Å². The van der Waals surface area contributed by atoms with Gasteiger partial charge in [0.25, 0.3) is 5.91 Å². The molecule has 0 spiro atoms. The zero-order chi connectivity index (χ0) is 19.0. The Hall–Kier alpha value is -3.11. The molecule has 0 aliphatic carbocycles. The lowest BCUT2D eigenvalue weighted by atomic mass is 10.1. The number of aromatic nitrogens is 2. The summed E-state index contributed by atoms with van der Waals surface area (Å²) >= 11 is 6.02. The van der Waals surface area contributed by atoms with Gasteiger partial charge < -0.3 is 5.32 Å². The molecule has 2 heterocycles. The SMILES string of the molecule is Cc1ccc(C(=O)Nc2c(-c3ccc(Cl)cc3)nc3cc(C)ccn23)cc1. The number of amides is 1. The number of aryl methyl sites for hydroxylation is 2. The Kier molecular flexibility index (Phi) is 4.42. The molecule has 0 unspecified atom stereocenters. The summed E-state index contributed by atoms with van der Waals surface area (Å²) in [6.07, 6.45) is 1.92. The Morgan fingerprint density at radius 2 is 1.67 bits per heavy atom. The Balaban J connectivity index is 1.82. The number of rotatable bonds is 3. The van der Waals surface area contributed by atoms with E-state index in [0.717, 1.165) is 22.3 Å². The number of fused-ring (bicyclic) bond motifs is 1. The first-order chi connectivity index (χ1) is 13.0. The van der Waals surface area contributed by atoms with E-state index in [2.05, 4.69) is 5.32 Å². The van der Waals surface area contributed by atoms with Crippen molar-refractivity contribution >= 4 is 29.0 Å². The predicted molar refractivity (Wildman–Crippen MR) is 110 cm³/mol. The summed E-state index contributed by atoms with van der Waals surface area (Å²) in [6, 6.07) is 18.9. The zero-order valence-corrected chi connectivity index (χ0v) is 15.8. The zero-order valence-electron chi connectivity index (χ0n) is 15.0. The number of pyridine rings is 1. The van der Waals surface area contributed by atoms with E-state index in [0.29, 0.717) is 22.1 Å². The summed E-state index contributed by atoms with van der Waals surface area (Å²) in [5.41, 5.74) is 5.19. The minimum Gasteiger partial charge on any atom is -0.306 e. The number of benzene rings is 2. The first kappa shape index (κ1) is 17.3. The summed E-state index contributed by atoms with van der Waals surface area (Å²) in [5, 5.41) is 3.69. The van der Waals surface area contributed by atoms with Crippen LogP contribution in [0.3, 0.4) is 0 Å². The van der Waals surface area contributed by atoms with Gasteiger partial charge in [0, 0.05) is 22.3 Å². The summed E-state index contributed by atoms with van der Waals surface area (Å²) in [7, 11) is 0. The Labute approximate surface area is 162 Å². The third kappa shape index (κ3) is 3.44. The van der Waals surface area contributed by atoms with Crippen LogP contribution in [0.1, 0.15) is 21.5 Å². The van der Waals surface area contributed by atoms with Crippen LogP contribution in [0.15, 0.2) is 66.9 Å². The number of halogens is 1. The molecule has 4 rings (SSSR count). The summed E-state index contributed by atoms with van der Waals surface area (Å²) in [6.45, 7) is 4.01. The van der Waals surface area contributed by atoms with Gasteiger partial charge in [0.1, 0.15) is 17.2 Å². The molecule has 0 radical (unpaired) electrons. The van der Waals surface area contributed by atoms with Gasteiger partial charge in [-0.3, -0.25) is 9.20 Å². The maximum absolute atomic E-state index is 12.8.